The Balaban J connectivity index is 1.65. The second-order valence-electron chi connectivity index (χ2n) is 7.64. The van der Waals surface area contributed by atoms with Crippen LogP contribution in [0.2, 0.25) is 0 Å². The van der Waals surface area contributed by atoms with E-state index < -0.39 is 0 Å². The summed E-state index contributed by atoms with van der Waals surface area (Å²) in [5.74, 6) is 0.993. The molecule has 1 aliphatic carbocycles. The molecular weight excluding hydrogens is 354 g/mol. The van der Waals surface area contributed by atoms with E-state index in [0.29, 0.717) is 11.5 Å². The van der Waals surface area contributed by atoms with Gasteiger partial charge in [0, 0.05) is 5.56 Å². The number of nitrogens with zero attached hydrogens (tertiary/aromatic N) is 1. The highest BCUT2D eigenvalue weighted by Gasteiger charge is 2.29. The lowest BCUT2D eigenvalue weighted by Gasteiger charge is -2.29. The molecule has 0 saturated heterocycles. The van der Waals surface area contributed by atoms with Gasteiger partial charge in [-0.1, -0.05) is 25.0 Å². The van der Waals surface area contributed by atoms with Gasteiger partial charge in [-0.25, -0.2) is 0 Å². The molecule has 0 unspecified atom stereocenters. The van der Waals surface area contributed by atoms with Gasteiger partial charge in [0.05, 0.1) is 12.8 Å². The number of hydrogen-bond donors (Lipinski definition) is 1. The summed E-state index contributed by atoms with van der Waals surface area (Å²) in [6.45, 7) is 1.87. The van der Waals surface area contributed by atoms with Crippen LogP contribution >= 0.6 is 0 Å². The van der Waals surface area contributed by atoms with Crippen molar-refractivity contribution in [3.05, 3.63) is 57.0 Å². The molecule has 0 saturated carbocycles. The maximum atomic E-state index is 13.0. The van der Waals surface area contributed by atoms with Crippen LogP contribution in [0.25, 0.3) is 0 Å². The van der Waals surface area contributed by atoms with Crippen molar-refractivity contribution in [2.75, 3.05) is 14.2 Å². The van der Waals surface area contributed by atoms with E-state index in [1.807, 2.05) is 19.1 Å². The topological polar surface area (TPSA) is 60.7 Å². The number of methoxy groups -OCH3 is 1. The Morgan fingerprint density at radius 3 is 2.57 bits per heavy atom. The van der Waals surface area contributed by atoms with Crippen molar-refractivity contribution in [1.82, 2.24) is 4.73 Å². The molecular formula is C23H31NO4. The second-order valence-corrected chi connectivity index (χ2v) is 7.64. The van der Waals surface area contributed by atoms with E-state index in [2.05, 4.69) is 0 Å². The van der Waals surface area contributed by atoms with Crippen LogP contribution in [0.1, 0.15) is 67.0 Å². The van der Waals surface area contributed by atoms with E-state index in [4.69, 9.17) is 9.57 Å². The molecule has 1 aromatic heterocycles. The molecule has 3 rings (SSSR count). The molecule has 0 bridgehead atoms. The molecule has 1 atom stereocenters. The number of rotatable bonds is 8. The molecule has 1 heterocycles. The fourth-order valence-corrected chi connectivity index (χ4v) is 4.47. The van der Waals surface area contributed by atoms with Crippen LogP contribution in [0.4, 0.5) is 0 Å². The SMILES string of the molecule is COc1c(C)n(OC)c2c(c1=O)[C@@H](CCCCCc1ccc(O)cc1)CCC2. The number of unbranched alkanes of at least 4 members (excludes halogenated alkanes) is 2. The fraction of sp³-hybridized carbons (Fsp3) is 0.522. The zero-order valence-electron chi connectivity index (χ0n) is 17.2. The minimum Gasteiger partial charge on any atom is -0.508 e. The third-order valence-corrected chi connectivity index (χ3v) is 5.86. The number of fused-ring (bicyclic) bond motifs is 1. The van der Waals surface area contributed by atoms with Crippen molar-refractivity contribution >= 4 is 0 Å². The van der Waals surface area contributed by atoms with Crippen molar-refractivity contribution in [2.24, 2.45) is 0 Å². The Bertz CT molecular complexity index is 854. The first-order valence-electron chi connectivity index (χ1n) is 10.2. The Labute approximate surface area is 166 Å². The van der Waals surface area contributed by atoms with Gasteiger partial charge in [-0.3, -0.25) is 4.79 Å². The summed E-state index contributed by atoms with van der Waals surface area (Å²) in [6, 6.07) is 7.44. The van der Waals surface area contributed by atoms with Crippen LogP contribution in [-0.2, 0) is 12.8 Å². The average molecular weight is 386 g/mol. The quantitative estimate of drug-likeness (QED) is 0.694. The van der Waals surface area contributed by atoms with Crippen LogP contribution in [0.3, 0.4) is 0 Å². The standard InChI is InChI=1S/C23H31NO4/c1-16-23(27-2)22(26)21-18(10-7-11-20(21)24(16)28-3)9-6-4-5-8-17-12-14-19(25)15-13-17/h12-15,18,25H,4-11H2,1-3H3/t18-/m0/s1. The first-order chi connectivity index (χ1) is 13.6. The van der Waals surface area contributed by atoms with Gasteiger partial charge in [0.1, 0.15) is 18.6 Å². The highest BCUT2D eigenvalue weighted by Crippen LogP contribution is 2.35. The van der Waals surface area contributed by atoms with E-state index in [-0.39, 0.29) is 11.3 Å². The molecule has 1 aromatic carbocycles. The van der Waals surface area contributed by atoms with E-state index in [1.54, 1.807) is 31.1 Å². The lowest BCUT2D eigenvalue weighted by Crippen LogP contribution is -2.30. The summed E-state index contributed by atoms with van der Waals surface area (Å²) in [7, 11) is 3.20. The van der Waals surface area contributed by atoms with E-state index in [1.165, 1.54) is 5.56 Å². The first-order valence-corrected chi connectivity index (χ1v) is 10.2. The predicted molar refractivity (Wildman–Crippen MR) is 110 cm³/mol. The third-order valence-electron chi connectivity index (χ3n) is 5.86. The van der Waals surface area contributed by atoms with Crippen molar-refractivity contribution in [1.29, 1.82) is 0 Å². The molecule has 0 spiro atoms. The molecule has 28 heavy (non-hydrogen) atoms. The number of hydrogen-bond acceptors (Lipinski definition) is 4. The van der Waals surface area contributed by atoms with Crippen molar-refractivity contribution < 1.29 is 14.7 Å². The Morgan fingerprint density at radius 1 is 1.14 bits per heavy atom. The number of phenolic OH excluding ortho intramolecular Hbond substituents is 1. The zero-order valence-corrected chi connectivity index (χ0v) is 17.2. The second kappa shape index (κ2) is 9.18. The molecule has 152 valence electrons. The molecule has 0 amide bonds. The summed E-state index contributed by atoms with van der Waals surface area (Å²) in [6.07, 6.45) is 8.40. The molecule has 1 aliphatic rings. The Morgan fingerprint density at radius 2 is 1.89 bits per heavy atom. The van der Waals surface area contributed by atoms with Gasteiger partial charge < -0.3 is 14.7 Å². The summed E-state index contributed by atoms with van der Waals surface area (Å²) in [5.41, 5.74) is 3.95. The van der Waals surface area contributed by atoms with E-state index in [0.717, 1.165) is 68.3 Å². The van der Waals surface area contributed by atoms with Gasteiger partial charge >= 0.3 is 0 Å². The molecule has 0 radical (unpaired) electrons. The van der Waals surface area contributed by atoms with E-state index >= 15 is 0 Å². The normalized spacial score (nSPS) is 15.9. The summed E-state index contributed by atoms with van der Waals surface area (Å²) in [5, 5.41) is 9.36. The molecule has 1 N–H and O–H groups in total. The fourth-order valence-electron chi connectivity index (χ4n) is 4.47. The summed E-state index contributed by atoms with van der Waals surface area (Å²) >= 11 is 0. The number of pyridine rings is 1. The van der Waals surface area contributed by atoms with Crippen LogP contribution in [-0.4, -0.2) is 24.1 Å². The molecule has 5 nitrogen and oxygen atoms in total. The molecule has 0 aliphatic heterocycles. The minimum atomic E-state index is 0.0390. The van der Waals surface area contributed by atoms with Gasteiger partial charge in [0.25, 0.3) is 0 Å². The lowest BCUT2D eigenvalue weighted by molar-refractivity contribution is 0.143. The highest BCUT2D eigenvalue weighted by atomic mass is 16.6. The largest absolute Gasteiger partial charge is 0.508 e. The summed E-state index contributed by atoms with van der Waals surface area (Å²) < 4.78 is 7.19. The van der Waals surface area contributed by atoms with Crippen molar-refractivity contribution in [2.45, 2.75) is 64.2 Å². The highest BCUT2D eigenvalue weighted by molar-refractivity contribution is 5.39. The lowest BCUT2D eigenvalue weighted by atomic mass is 9.81. The maximum absolute atomic E-state index is 13.0. The zero-order chi connectivity index (χ0) is 20.1. The van der Waals surface area contributed by atoms with Crippen molar-refractivity contribution in [3.63, 3.8) is 0 Å². The number of ether oxygens (including phenoxy) is 1. The van der Waals surface area contributed by atoms with Crippen LogP contribution in [0.5, 0.6) is 11.5 Å². The van der Waals surface area contributed by atoms with Crippen molar-refractivity contribution in [3.8, 4) is 11.5 Å². The van der Waals surface area contributed by atoms with Gasteiger partial charge in [-0.15, -0.1) is 0 Å². The first kappa shape index (κ1) is 20.3. The summed E-state index contributed by atoms with van der Waals surface area (Å²) in [4.78, 5) is 18.6. The minimum absolute atomic E-state index is 0.0390. The smallest absolute Gasteiger partial charge is 0.227 e. The third kappa shape index (κ3) is 4.18. The number of aromatic nitrogens is 1. The van der Waals surface area contributed by atoms with Gasteiger partial charge in [-0.2, -0.15) is 4.73 Å². The number of aromatic hydroxyl groups is 1. The Hall–Kier alpha value is -2.43. The number of benzene rings is 1. The van der Waals surface area contributed by atoms with Gasteiger partial charge in [0.15, 0.2) is 5.75 Å². The molecule has 0 fully saturated rings. The average Bonchev–Trinajstić information content (AvgIpc) is 2.70. The van der Waals surface area contributed by atoms with Crippen LogP contribution < -0.4 is 15.0 Å². The molecule has 2 aromatic rings. The predicted octanol–water partition coefficient (Wildman–Crippen LogP) is 4.15. The maximum Gasteiger partial charge on any atom is 0.227 e. The van der Waals surface area contributed by atoms with Crippen LogP contribution in [0, 0.1) is 6.92 Å². The van der Waals surface area contributed by atoms with Gasteiger partial charge in [0.2, 0.25) is 5.43 Å². The number of phenols is 1. The number of aryl methyl sites for hydroxylation is 1. The van der Waals surface area contributed by atoms with Crippen LogP contribution in [0.15, 0.2) is 29.1 Å². The molecule has 5 heteroatoms. The van der Waals surface area contributed by atoms with E-state index in [9.17, 15) is 9.90 Å². The monoisotopic (exact) mass is 385 g/mol. The van der Waals surface area contributed by atoms with Gasteiger partial charge in [-0.05, 0) is 69.1 Å². The Kier molecular flexibility index (Phi) is 6.65.